The number of β-amino-alcohol motifs (C(OH)–C–C–N with tert-alkyl or cyclic N) is 1. The topological polar surface area (TPSA) is 93.2 Å². The summed E-state index contributed by atoms with van der Waals surface area (Å²) >= 11 is 0. The molecule has 0 unspecified atom stereocenters. The molecule has 0 aliphatic carbocycles. The smallest absolute Gasteiger partial charge is 0.254 e. The number of nitrogens with zero attached hydrogens (tertiary/aromatic N) is 3. The van der Waals surface area contributed by atoms with Gasteiger partial charge < -0.3 is 33.7 Å². The molecule has 0 saturated carbocycles. The van der Waals surface area contributed by atoms with E-state index < -0.39 is 6.10 Å². The van der Waals surface area contributed by atoms with E-state index in [2.05, 4.69) is 16.4 Å². The first kappa shape index (κ1) is 27.2. The SMILES string of the molecule is C=CCOC[C@H](O)CN1CCO[C@@H](CN2CCN(C(=O)c3cc(OC)c(OC)c(OC)c3)CC2)C1. The summed E-state index contributed by atoms with van der Waals surface area (Å²) in [5.41, 5.74) is 0.509. The summed E-state index contributed by atoms with van der Waals surface area (Å²) in [6.07, 6.45) is 1.22. The number of hydrogen-bond acceptors (Lipinski definition) is 9. The van der Waals surface area contributed by atoms with Crippen molar-refractivity contribution in [3.8, 4) is 17.2 Å². The monoisotopic (exact) mass is 493 g/mol. The molecule has 2 heterocycles. The molecule has 1 N–H and O–H groups in total. The van der Waals surface area contributed by atoms with Crippen LogP contribution in [0.2, 0.25) is 0 Å². The van der Waals surface area contributed by atoms with Crippen LogP contribution in [-0.4, -0.2) is 131 Å². The van der Waals surface area contributed by atoms with Gasteiger partial charge in [-0.15, -0.1) is 6.58 Å². The van der Waals surface area contributed by atoms with Crippen molar-refractivity contribution in [2.75, 3.05) is 93.5 Å². The van der Waals surface area contributed by atoms with Gasteiger partial charge in [-0.25, -0.2) is 0 Å². The Balaban J connectivity index is 1.48. The second kappa shape index (κ2) is 13.6. The van der Waals surface area contributed by atoms with E-state index in [-0.39, 0.29) is 12.0 Å². The van der Waals surface area contributed by atoms with E-state index in [0.29, 0.717) is 62.3 Å². The quantitative estimate of drug-likeness (QED) is 0.334. The molecule has 3 rings (SSSR count). The zero-order chi connectivity index (χ0) is 25.2. The van der Waals surface area contributed by atoms with Crippen LogP contribution in [0.5, 0.6) is 17.2 Å². The molecule has 0 aromatic heterocycles. The lowest BCUT2D eigenvalue weighted by molar-refractivity contribution is -0.0626. The molecule has 2 aliphatic heterocycles. The largest absolute Gasteiger partial charge is 0.493 e. The van der Waals surface area contributed by atoms with Crippen molar-refractivity contribution in [2.24, 2.45) is 0 Å². The molecule has 1 amide bonds. The highest BCUT2D eigenvalue weighted by Gasteiger charge is 2.28. The van der Waals surface area contributed by atoms with Gasteiger partial charge in [0.1, 0.15) is 0 Å². The molecule has 0 radical (unpaired) electrons. The molecule has 0 bridgehead atoms. The Morgan fingerprint density at radius 3 is 2.40 bits per heavy atom. The Morgan fingerprint density at radius 1 is 1.11 bits per heavy atom. The van der Waals surface area contributed by atoms with Crippen molar-refractivity contribution >= 4 is 5.91 Å². The number of aliphatic hydroxyl groups excluding tert-OH is 1. The first-order chi connectivity index (χ1) is 17.0. The number of aliphatic hydroxyl groups is 1. The fourth-order valence-electron chi connectivity index (χ4n) is 4.50. The summed E-state index contributed by atoms with van der Waals surface area (Å²) in [5, 5.41) is 10.2. The number of methoxy groups -OCH3 is 3. The van der Waals surface area contributed by atoms with Gasteiger partial charge >= 0.3 is 0 Å². The highest BCUT2D eigenvalue weighted by atomic mass is 16.5. The average molecular weight is 494 g/mol. The van der Waals surface area contributed by atoms with Crippen molar-refractivity contribution < 1.29 is 33.6 Å². The van der Waals surface area contributed by atoms with E-state index in [0.717, 1.165) is 32.7 Å². The number of amides is 1. The number of carbonyl (C=O) groups is 1. The summed E-state index contributed by atoms with van der Waals surface area (Å²) in [6.45, 7) is 10.7. The van der Waals surface area contributed by atoms with Gasteiger partial charge in [-0.2, -0.15) is 0 Å². The van der Waals surface area contributed by atoms with Crippen LogP contribution >= 0.6 is 0 Å². The highest BCUT2D eigenvalue weighted by molar-refractivity contribution is 5.95. The van der Waals surface area contributed by atoms with Crippen LogP contribution in [0.15, 0.2) is 24.8 Å². The molecular weight excluding hydrogens is 454 g/mol. The number of ether oxygens (including phenoxy) is 5. The van der Waals surface area contributed by atoms with Gasteiger partial charge in [0, 0.05) is 57.9 Å². The Kier molecular flexibility index (Phi) is 10.6. The Bertz CT molecular complexity index is 804. The van der Waals surface area contributed by atoms with Crippen LogP contribution in [0.1, 0.15) is 10.4 Å². The number of rotatable bonds is 12. The fourth-order valence-corrected chi connectivity index (χ4v) is 4.50. The Morgan fingerprint density at radius 2 is 1.80 bits per heavy atom. The Labute approximate surface area is 207 Å². The summed E-state index contributed by atoms with van der Waals surface area (Å²) in [5.74, 6) is 1.34. The molecule has 10 nitrogen and oxygen atoms in total. The van der Waals surface area contributed by atoms with Gasteiger partial charge in [-0.05, 0) is 12.1 Å². The third-order valence-electron chi connectivity index (χ3n) is 6.27. The van der Waals surface area contributed by atoms with Gasteiger partial charge in [0.25, 0.3) is 5.91 Å². The van der Waals surface area contributed by atoms with Crippen LogP contribution in [0, 0.1) is 0 Å². The maximum atomic E-state index is 13.2. The molecule has 1 aromatic rings. The van der Waals surface area contributed by atoms with E-state index in [4.69, 9.17) is 23.7 Å². The van der Waals surface area contributed by atoms with E-state index in [1.165, 1.54) is 21.3 Å². The van der Waals surface area contributed by atoms with Gasteiger partial charge in [-0.1, -0.05) is 6.08 Å². The summed E-state index contributed by atoms with van der Waals surface area (Å²) in [6, 6.07) is 3.38. The van der Waals surface area contributed by atoms with Crippen molar-refractivity contribution in [1.29, 1.82) is 0 Å². The van der Waals surface area contributed by atoms with E-state index in [9.17, 15) is 9.90 Å². The predicted octanol–water partition coefficient (Wildman–Crippen LogP) is 0.735. The molecule has 2 aliphatic rings. The zero-order valence-electron chi connectivity index (χ0n) is 21.1. The van der Waals surface area contributed by atoms with Gasteiger partial charge in [-0.3, -0.25) is 14.6 Å². The van der Waals surface area contributed by atoms with Crippen LogP contribution in [0.25, 0.3) is 0 Å². The minimum atomic E-state index is -0.529. The molecule has 35 heavy (non-hydrogen) atoms. The van der Waals surface area contributed by atoms with Gasteiger partial charge in [0.15, 0.2) is 11.5 Å². The van der Waals surface area contributed by atoms with Crippen molar-refractivity contribution in [2.45, 2.75) is 12.2 Å². The van der Waals surface area contributed by atoms with E-state index >= 15 is 0 Å². The second-order valence-electron chi connectivity index (χ2n) is 8.74. The minimum Gasteiger partial charge on any atom is -0.493 e. The number of carbonyl (C=O) groups excluding carboxylic acids is 1. The first-order valence-electron chi connectivity index (χ1n) is 12.0. The minimum absolute atomic E-state index is 0.0587. The number of piperazine rings is 1. The summed E-state index contributed by atoms with van der Waals surface area (Å²) in [7, 11) is 4.61. The van der Waals surface area contributed by atoms with E-state index in [1.807, 2.05) is 4.90 Å². The van der Waals surface area contributed by atoms with Crippen LogP contribution in [-0.2, 0) is 9.47 Å². The van der Waals surface area contributed by atoms with E-state index in [1.54, 1.807) is 18.2 Å². The number of benzene rings is 1. The van der Waals surface area contributed by atoms with Crippen LogP contribution in [0.3, 0.4) is 0 Å². The average Bonchev–Trinajstić information content (AvgIpc) is 2.88. The maximum Gasteiger partial charge on any atom is 0.254 e. The lowest BCUT2D eigenvalue weighted by Gasteiger charge is -2.39. The standard InChI is InChI=1S/C25H39N3O7/c1-5-11-34-18-20(29)15-27-10-12-35-21(17-27)16-26-6-8-28(9-7-26)25(30)19-13-22(31-2)24(33-4)23(14-19)32-3/h5,13-14,20-21,29H,1,6-12,15-18H2,2-4H3/t20-,21+/m1/s1. The first-order valence-corrected chi connectivity index (χ1v) is 12.0. The maximum absolute atomic E-state index is 13.2. The third kappa shape index (κ3) is 7.55. The second-order valence-corrected chi connectivity index (χ2v) is 8.74. The lowest BCUT2D eigenvalue weighted by Crippen LogP contribution is -2.54. The van der Waals surface area contributed by atoms with Crippen molar-refractivity contribution in [3.05, 3.63) is 30.4 Å². The van der Waals surface area contributed by atoms with Gasteiger partial charge in [0.2, 0.25) is 5.75 Å². The number of hydrogen-bond donors (Lipinski definition) is 1. The van der Waals surface area contributed by atoms with Crippen molar-refractivity contribution in [3.63, 3.8) is 0 Å². The lowest BCUT2D eigenvalue weighted by atomic mass is 10.1. The molecule has 2 atom stereocenters. The zero-order valence-corrected chi connectivity index (χ0v) is 21.1. The summed E-state index contributed by atoms with van der Waals surface area (Å²) < 4.78 is 27.5. The summed E-state index contributed by atoms with van der Waals surface area (Å²) in [4.78, 5) is 19.6. The number of morpholine rings is 1. The highest BCUT2D eigenvalue weighted by Crippen LogP contribution is 2.38. The third-order valence-corrected chi connectivity index (χ3v) is 6.27. The Hall–Kier alpha value is -2.37. The predicted molar refractivity (Wildman–Crippen MR) is 132 cm³/mol. The molecule has 2 saturated heterocycles. The van der Waals surface area contributed by atoms with Crippen molar-refractivity contribution in [1.82, 2.24) is 14.7 Å². The van der Waals surface area contributed by atoms with Crippen LogP contribution in [0.4, 0.5) is 0 Å². The van der Waals surface area contributed by atoms with Crippen LogP contribution < -0.4 is 14.2 Å². The molecule has 196 valence electrons. The molecular formula is C25H39N3O7. The molecule has 2 fully saturated rings. The molecule has 10 heteroatoms. The van der Waals surface area contributed by atoms with Gasteiger partial charge in [0.05, 0.1) is 53.4 Å². The fraction of sp³-hybridized carbons (Fsp3) is 0.640. The molecule has 1 aromatic carbocycles. The normalized spacial score (nSPS) is 20.3. The molecule has 0 spiro atoms.